The van der Waals surface area contributed by atoms with Gasteiger partial charge in [0.1, 0.15) is 4.01 Å². The van der Waals surface area contributed by atoms with Crippen LogP contribution in [-0.4, -0.2) is 0 Å². The Balaban J connectivity index is 3.01. The largest absolute Gasteiger partial charge is 0.289 e. The molecule has 0 aliphatic rings. The normalized spacial score (nSPS) is 10.8. The van der Waals surface area contributed by atoms with Crippen LogP contribution in [0.2, 0.25) is 0 Å². The van der Waals surface area contributed by atoms with Gasteiger partial charge in [-0.25, -0.2) is 0 Å². The summed E-state index contributed by atoms with van der Waals surface area (Å²) in [6, 6.07) is 1.79. The zero-order valence-corrected chi connectivity index (χ0v) is 8.57. The van der Waals surface area contributed by atoms with E-state index in [0.717, 1.165) is 37.0 Å². The molecule has 0 atom stereocenters. The highest BCUT2D eigenvalue weighted by atomic mass is 32.2. The monoisotopic (exact) mass is 216 g/mol. The highest BCUT2D eigenvalue weighted by Crippen LogP contribution is 2.23. The number of aryl methyl sites for hydroxylation is 1. The maximum atomic E-state index is 11.2. The lowest BCUT2D eigenvalue weighted by atomic mass is 10.4. The van der Waals surface area contributed by atoms with E-state index in [9.17, 15) is 9.59 Å². The molecular formula is C7H4O2S3. The molecule has 12 heavy (non-hydrogen) atoms. The molecular weight excluding hydrogens is 212 g/mol. The summed E-state index contributed by atoms with van der Waals surface area (Å²) in [7, 11) is 0. The molecule has 2 heterocycles. The lowest BCUT2D eigenvalue weighted by molar-refractivity contribution is 1.49. The summed E-state index contributed by atoms with van der Waals surface area (Å²) in [5.74, 6) is 0. The van der Waals surface area contributed by atoms with Crippen molar-refractivity contribution in [3.05, 3.63) is 30.0 Å². The van der Waals surface area contributed by atoms with Gasteiger partial charge in [-0.05, 0) is 13.0 Å². The molecule has 0 fully saturated rings. The summed E-state index contributed by atoms with van der Waals surface area (Å²) in [6.45, 7) is 1.77. The molecule has 0 radical (unpaired) electrons. The first-order chi connectivity index (χ1) is 5.66. The van der Waals surface area contributed by atoms with E-state index in [0.29, 0.717) is 0 Å². The van der Waals surface area contributed by atoms with Crippen molar-refractivity contribution < 1.29 is 0 Å². The van der Waals surface area contributed by atoms with Crippen molar-refractivity contribution in [1.29, 1.82) is 0 Å². The summed E-state index contributed by atoms with van der Waals surface area (Å²) in [6.07, 6.45) is 0. The molecule has 2 aromatic heterocycles. The van der Waals surface area contributed by atoms with Crippen molar-refractivity contribution in [2.45, 2.75) is 6.92 Å². The second-order valence-electron chi connectivity index (χ2n) is 2.32. The van der Waals surface area contributed by atoms with Gasteiger partial charge in [0.15, 0.2) is 0 Å². The van der Waals surface area contributed by atoms with Crippen LogP contribution in [0.3, 0.4) is 0 Å². The van der Waals surface area contributed by atoms with Crippen molar-refractivity contribution in [3.8, 4) is 0 Å². The van der Waals surface area contributed by atoms with E-state index in [-0.39, 0.29) is 8.80 Å². The Hall–Kier alpha value is -0.520. The third-order valence-electron chi connectivity index (χ3n) is 1.43. The Morgan fingerprint density at radius 1 is 1.17 bits per heavy atom. The van der Waals surface area contributed by atoms with Crippen LogP contribution in [0.15, 0.2) is 15.7 Å². The van der Waals surface area contributed by atoms with Gasteiger partial charge in [0.2, 0.25) is 4.74 Å². The Morgan fingerprint density at radius 2 is 1.92 bits per heavy atom. The van der Waals surface area contributed by atoms with E-state index in [1.807, 2.05) is 0 Å². The molecule has 62 valence electrons. The maximum absolute atomic E-state index is 11.2. The van der Waals surface area contributed by atoms with E-state index >= 15 is 0 Å². The highest BCUT2D eigenvalue weighted by Gasteiger charge is 2.03. The molecule has 5 heteroatoms. The molecule has 0 aromatic carbocycles. The summed E-state index contributed by atoms with van der Waals surface area (Å²) >= 11 is 3.53. The standard InChI is InChI=1S/C7H4O2S3/c1-3-2-4-6(11-5(3)8)12-7(9)10-4/h2H,1H3. The first-order valence-electron chi connectivity index (χ1n) is 3.21. The zero-order valence-electron chi connectivity index (χ0n) is 6.12. The molecule has 2 aromatic rings. The van der Waals surface area contributed by atoms with Crippen molar-refractivity contribution in [3.63, 3.8) is 0 Å². The van der Waals surface area contributed by atoms with Crippen molar-refractivity contribution in [2.24, 2.45) is 0 Å². The Morgan fingerprint density at radius 3 is 2.67 bits per heavy atom. The average Bonchev–Trinajstić information content (AvgIpc) is 2.30. The summed E-state index contributed by atoms with van der Waals surface area (Å²) < 4.78 is 1.90. The van der Waals surface area contributed by atoms with Gasteiger partial charge >= 0.3 is 0 Å². The van der Waals surface area contributed by atoms with Crippen LogP contribution in [0, 0.1) is 6.92 Å². The zero-order chi connectivity index (χ0) is 8.72. The first kappa shape index (κ1) is 8.10. The van der Waals surface area contributed by atoms with E-state index < -0.39 is 0 Å². The number of fused-ring (bicyclic) bond motifs is 1. The van der Waals surface area contributed by atoms with Crippen LogP contribution in [0.1, 0.15) is 5.56 Å². The van der Waals surface area contributed by atoms with E-state index in [1.165, 1.54) is 11.3 Å². The number of hydrogen-bond acceptors (Lipinski definition) is 5. The molecule has 2 nitrogen and oxygen atoms in total. The van der Waals surface area contributed by atoms with Gasteiger partial charge in [0.05, 0.1) is 4.70 Å². The quantitative estimate of drug-likeness (QED) is 0.675. The van der Waals surface area contributed by atoms with Crippen LogP contribution in [0.25, 0.3) is 8.71 Å². The van der Waals surface area contributed by atoms with Gasteiger partial charge < -0.3 is 0 Å². The Kier molecular flexibility index (Phi) is 1.86. The SMILES string of the molecule is Cc1cc2sc(=O)sc2sc1=O. The van der Waals surface area contributed by atoms with Crippen LogP contribution < -0.4 is 8.80 Å². The van der Waals surface area contributed by atoms with Gasteiger partial charge in [-0.1, -0.05) is 34.0 Å². The molecule has 0 unspecified atom stereocenters. The molecule has 0 saturated carbocycles. The van der Waals surface area contributed by atoms with Crippen LogP contribution in [0.5, 0.6) is 0 Å². The topological polar surface area (TPSA) is 34.1 Å². The van der Waals surface area contributed by atoms with Gasteiger partial charge in [-0.2, -0.15) is 0 Å². The molecule has 0 aliphatic heterocycles. The molecule has 0 aliphatic carbocycles. The van der Waals surface area contributed by atoms with E-state index in [1.54, 1.807) is 13.0 Å². The smallest absolute Gasteiger partial charge is 0.278 e. The molecule has 0 amide bonds. The molecule has 0 bridgehead atoms. The van der Waals surface area contributed by atoms with Crippen molar-refractivity contribution in [1.82, 2.24) is 0 Å². The van der Waals surface area contributed by atoms with E-state index in [4.69, 9.17) is 0 Å². The second kappa shape index (κ2) is 2.76. The maximum Gasteiger partial charge on any atom is 0.289 e. The third kappa shape index (κ3) is 1.24. The average molecular weight is 216 g/mol. The first-order valence-corrected chi connectivity index (χ1v) is 5.66. The van der Waals surface area contributed by atoms with E-state index in [2.05, 4.69) is 0 Å². The van der Waals surface area contributed by atoms with Gasteiger partial charge in [-0.15, -0.1) is 0 Å². The minimum atomic E-state index is 0.0524. The fraction of sp³-hybridized carbons (Fsp3) is 0.143. The Bertz CT molecular complexity index is 531. The third-order valence-corrected chi connectivity index (χ3v) is 4.88. The minimum Gasteiger partial charge on any atom is -0.278 e. The van der Waals surface area contributed by atoms with Gasteiger partial charge in [0.25, 0.3) is 4.06 Å². The Labute approximate surface area is 79.7 Å². The fourth-order valence-electron chi connectivity index (χ4n) is 0.858. The predicted octanol–water partition coefficient (Wildman–Crippen LogP) is 2.05. The van der Waals surface area contributed by atoms with Crippen molar-refractivity contribution in [2.75, 3.05) is 0 Å². The lowest BCUT2D eigenvalue weighted by Gasteiger charge is -1.87. The lowest BCUT2D eigenvalue weighted by Crippen LogP contribution is -1.95. The number of hydrogen-bond donors (Lipinski definition) is 0. The molecule has 0 spiro atoms. The fourth-order valence-corrected chi connectivity index (χ4v) is 4.18. The summed E-state index contributed by atoms with van der Waals surface area (Å²) in [5.41, 5.74) is 0.724. The number of rotatable bonds is 0. The van der Waals surface area contributed by atoms with Gasteiger partial charge in [-0.3, -0.25) is 9.59 Å². The van der Waals surface area contributed by atoms with Crippen LogP contribution in [-0.2, 0) is 0 Å². The minimum absolute atomic E-state index is 0.0524. The molecule has 0 saturated heterocycles. The van der Waals surface area contributed by atoms with Crippen LogP contribution in [0.4, 0.5) is 0 Å². The van der Waals surface area contributed by atoms with Gasteiger partial charge in [0, 0.05) is 5.56 Å². The molecule has 2 rings (SSSR count). The molecule has 0 N–H and O–H groups in total. The summed E-state index contributed by atoms with van der Waals surface area (Å²) in [4.78, 5) is 22.1. The van der Waals surface area contributed by atoms with Crippen LogP contribution >= 0.6 is 34.0 Å². The van der Waals surface area contributed by atoms with Crippen molar-refractivity contribution >= 4 is 42.7 Å². The summed E-state index contributed by atoms with van der Waals surface area (Å²) in [5, 5.41) is 0. The predicted molar refractivity (Wildman–Crippen MR) is 54.9 cm³/mol. The second-order valence-corrected chi connectivity index (χ2v) is 5.82. The highest BCUT2D eigenvalue weighted by molar-refractivity contribution is 7.45.